The highest BCUT2D eigenvalue weighted by atomic mass is 32.1. The van der Waals surface area contributed by atoms with Gasteiger partial charge in [0.05, 0.1) is 17.1 Å². The van der Waals surface area contributed by atoms with Crippen LogP contribution in [-0.2, 0) is 6.42 Å². The van der Waals surface area contributed by atoms with Crippen molar-refractivity contribution in [3.8, 4) is 16.9 Å². The number of H-pyrrole nitrogens is 1. The van der Waals surface area contributed by atoms with Gasteiger partial charge in [0, 0.05) is 4.88 Å². The van der Waals surface area contributed by atoms with E-state index in [2.05, 4.69) is 11.9 Å². The van der Waals surface area contributed by atoms with Crippen molar-refractivity contribution in [2.45, 2.75) is 20.3 Å². The zero-order valence-corrected chi connectivity index (χ0v) is 13.7. The minimum absolute atomic E-state index is 0.0935. The zero-order valence-electron chi connectivity index (χ0n) is 12.9. The second-order valence-corrected chi connectivity index (χ2v) is 6.80. The van der Waals surface area contributed by atoms with Crippen LogP contribution in [0.5, 0.6) is 5.75 Å². The molecule has 5 heteroatoms. The van der Waals surface area contributed by atoms with Crippen molar-refractivity contribution in [1.82, 2.24) is 9.38 Å². The summed E-state index contributed by atoms with van der Waals surface area (Å²) in [6.45, 7) is 4.09. The monoisotopic (exact) mass is 324 g/mol. The molecule has 2 N–H and O–H groups in total. The van der Waals surface area contributed by atoms with Crippen molar-refractivity contribution >= 4 is 27.2 Å². The molecule has 1 aromatic carbocycles. The van der Waals surface area contributed by atoms with Crippen LogP contribution >= 0.6 is 11.3 Å². The van der Waals surface area contributed by atoms with Crippen LogP contribution in [0.2, 0.25) is 0 Å². The average Bonchev–Trinajstić information content (AvgIpc) is 3.05. The number of fused-ring (bicyclic) bond motifs is 3. The van der Waals surface area contributed by atoms with Gasteiger partial charge in [-0.3, -0.25) is 9.20 Å². The molecule has 3 aromatic heterocycles. The minimum atomic E-state index is -0.0935. The van der Waals surface area contributed by atoms with E-state index in [1.807, 2.05) is 41.7 Å². The van der Waals surface area contributed by atoms with Gasteiger partial charge in [0.1, 0.15) is 16.2 Å². The van der Waals surface area contributed by atoms with Gasteiger partial charge < -0.3 is 10.1 Å². The molecule has 0 unspecified atom stereocenters. The molecule has 3 heterocycles. The fraction of sp³-hybridized carbons (Fsp3) is 0.167. The molecule has 0 aliphatic rings. The highest BCUT2D eigenvalue weighted by molar-refractivity contribution is 7.18. The number of aromatic amines is 1. The number of aryl methyl sites for hydroxylation is 2. The van der Waals surface area contributed by atoms with Crippen molar-refractivity contribution in [1.29, 1.82) is 0 Å². The second kappa shape index (κ2) is 4.99. The maximum absolute atomic E-state index is 12.6. The largest absolute Gasteiger partial charge is 0.506 e. The molecular formula is C18H16N2O2S. The highest BCUT2D eigenvalue weighted by Crippen LogP contribution is 2.37. The van der Waals surface area contributed by atoms with E-state index in [9.17, 15) is 9.90 Å². The number of nitrogens with one attached hydrogen (secondary N) is 1. The number of aromatic hydroxyl groups is 1. The SMILES string of the molecule is CCc1c(C)sc2c1c(=O)[nH]c1c(-c3ccccc3)c(O)cn12. The maximum atomic E-state index is 12.6. The lowest BCUT2D eigenvalue weighted by Crippen LogP contribution is -2.09. The lowest BCUT2D eigenvalue weighted by atomic mass is 10.1. The van der Waals surface area contributed by atoms with Crippen molar-refractivity contribution in [2.24, 2.45) is 0 Å². The Morgan fingerprint density at radius 3 is 2.70 bits per heavy atom. The van der Waals surface area contributed by atoms with Gasteiger partial charge in [-0.15, -0.1) is 11.3 Å². The van der Waals surface area contributed by atoms with Crippen molar-refractivity contribution in [3.63, 3.8) is 0 Å². The number of rotatable bonds is 2. The Kier molecular flexibility index (Phi) is 3.06. The third kappa shape index (κ3) is 1.93. The molecule has 0 saturated heterocycles. The summed E-state index contributed by atoms with van der Waals surface area (Å²) in [4.78, 5) is 17.6. The summed E-state index contributed by atoms with van der Waals surface area (Å²) < 4.78 is 1.89. The Balaban J connectivity index is 2.18. The van der Waals surface area contributed by atoms with E-state index in [1.54, 1.807) is 17.5 Å². The van der Waals surface area contributed by atoms with Crippen LogP contribution < -0.4 is 5.56 Å². The number of benzene rings is 1. The first kappa shape index (κ1) is 14.1. The number of aromatic nitrogens is 2. The van der Waals surface area contributed by atoms with Crippen molar-refractivity contribution in [3.05, 3.63) is 57.3 Å². The first-order valence-corrected chi connectivity index (χ1v) is 8.37. The van der Waals surface area contributed by atoms with Crippen molar-refractivity contribution in [2.75, 3.05) is 0 Å². The predicted octanol–water partition coefficient (Wildman–Crippen LogP) is 4.09. The third-order valence-electron chi connectivity index (χ3n) is 4.27. The molecule has 0 spiro atoms. The number of thiophene rings is 1. The predicted molar refractivity (Wildman–Crippen MR) is 94.6 cm³/mol. The number of nitrogens with zero attached hydrogens (tertiary/aromatic N) is 1. The average molecular weight is 324 g/mol. The van der Waals surface area contributed by atoms with Gasteiger partial charge in [-0.1, -0.05) is 37.3 Å². The molecule has 0 radical (unpaired) electrons. The summed E-state index contributed by atoms with van der Waals surface area (Å²) in [5.74, 6) is 0.170. The molecule has 23 heavy (non-hydrogen) atoms. The summed E-state index contributed by atoms with van der Waals surface area (Å²) in [5, 5.41) is 11.2. The van der Waals surface area contributed by atoms with Crippen LogP contribution in [0.4, 0.5) is 0 Å². The fourth-order valence-corrected chi connectivity index (χ4v) is 4.45. The number of hydrogen-bond acceptors (Lipinski definition) is 3. The lowest BCUT2D eigenvalue weighted by Gasteiger charge is -2.02. The molecule has 0 saturated carbocycles. The Morgan fingerprint density at radius 2 is 2.00 bits per heavy atom. The first-order valence-electron chi connectivity index (χ1n) is 7.55. The third-order valence-corrected chi connectivity index (χ3v) is 5.42. The zero-order chi connectivity index (χ0) is 16.1. The molecular weight excluding hydrogens is 308 g/mol. The molecule has 0 bridgehead atoms. The topological polar surface area (TPSA) is 57.5 Å². The molecule has 0 aliphatic heterocycles. The quantitative estimate of drug-likeness (QED) is 0.583. The molecule has 4 rings (SSSR count). The standard InChI is InChI=1S/C18H16N2O2S/c1-3-12-10(2)23-18-15(12)17(22)19-16-14(13(21)9-20(16)18)11-7-5-4-6-8-11/h4-9,21H,3H2,1-2H3,(H,19,22). The normalized spacial score (nSPS) is 11.6. The van der Waals surface area contributed by atoms with Gasteiger partial charge in [-0.05, 0) is 24.5 Å². The molecule has 0 atom stereocenters. The van der Waals surface area contributed by atoms with Crippen LogP contribution in [0.1, 0.15) is 17.4 Å². The minimum Gasteiger partial charge on any atom is -0.506 e. The molecule has 0 fully saturated rings. The molecule has 116 valence electrons. The molecule has 4 aromatic rings. The van der Waals surface area contributed by atoms with E-state index in [0.29, 0.717) is 11.2 Å². The van der Waals surface area contributed by atoms with Crippen LogP contribution in [0.3, 0.4) is 0 Å². The van der Waals surface area contributed by atoms with Gasteiger partial charge in [-0.2, -0.15) is 0 Å². The fourth-order valence-electron chi connectivity index (χ4n) is 3.23. The summed E-state index contributed by atoms with van der Waals surface area (Å²) in [6, 6.07) is 9.61. The van der Waals surface area contributed by atoms with Gasteiger partial charge >= 0.3 is 0 Å². The van der Waals surface area contributed by atoms with Crippen LogP contribution in [0.15, 0.2) is 41.3 Å². The Hall–Kier alpha value is -2.53. The van der Waals surface area contributed by atoms with Gasteiger partial charge in [0.15, 0.2) is 0 Å². The van der Waals surface area contributed by atoms with Crippen molar-refractivity contribution < 1.29 is 5.11 Å². The van der Waals surface area contributed by atoms with Gasteiger partial charge in [0.25, 0.3) is 5.56 Å². The van der Waals surface area contributed by atoms with Crippen LogP contribution in [0, 0.1) is 6.92 Å². The summed E-state index contributed by atoms with van der Waals surface area (Å²) in [6.07, 6.45) is 2.50. The Morgan fingerprint density at radius 1 is 1.26 bits per heavy atom. The number of hydrogen-bond donors (Lipinski definition) is 2. The molecule has 0 aliphatic carbocycles. The first-order chi connectivity index (χ1) is 11.1. The van der Waals surface area contributed by atoms with E-state index in [0.717, 1.165) is 32.6 Å². The maximum Gasteiger partial charge on any atom is 0.260 e. The molecule has 0 amide bonds. The van der Waals surface area contributed by atoms with Crippen LogP contribution in [0.25, 0.3) is 27.0 Å². The Labute approximate surface area is 136 Å². The van der Waals surface area contributed by atoms with Gasteiger partial charge in [-0.25, -0.2) is 0 Å². The smallest absolute Gasteiger partial charge is 0.260 e. The van der Waals surface area contributed by atoms with E-state index in [1.165, 1.54) is 0 Å². The summed E-state index contributed by atoms with van der Waals surface area (Å²) in [7, 11) is 0. The van der Waals surface area contributed by atoms with E-state index in [4.69, 9.17) is 0 Å². The van der Waals surface area contributed by atoms with Gasteiger partial charge in [0.2, 0.25) is 0 Å². The lowest BCUT2D eigenvalue weighted by molar-refractivity contribution is 0.477. The summed E-state index contributed by atoms with van der Waals surface area (Å²) in [5.41, 5.74) is 3.17. The molecule has 4 nitrogen and oxygen atoms in total. The highest BCUT2D eigenvalue weighted by Gasteiger charge is 2.19. The van der Waals surface area contributed by atoms with Crippen LogP contribution in [-0.4, -0.2) is 14.5 Å². The second-order valence-electron chi connectivity index (χ2n) is 5.60. The van der Waals surface area contributed by atoms with E-state index in [-0.39, 0.29) is 11.3 Å². The Bertz CT molecular complexity index is 1090. The summed E-state index contributed by atoms with van der Waals surface area (Å²) >= 11 is 1.60. The van der Waals surface area contributed by atoms with E-state index >= 15 is 0 Å². The van der Waals surface area contributed by atoms with E-state index < -0.39 is 0 Å².